The number of rotatable bonds is 6. The lowest BCUT2D eigenvalue weighted by Gasteiger charge is -2.35. The summed E-state index contributed by atoms with van der Waals surface area (Å²) in [6.45, 7) is 13.7. The quantitative estimate of drug-likeness (QED) is 0.455. The van der Waals surface area contributed by atoms with Crippen LogP contribution in [0.3, 0.4) is 0 Å². The Bertz CT molecular complexity index is 1370. The Morgan fingerprint density at radius 3 is 2.50 bits per heavy atom. The Morgan fingerprint density at radius 1 is 1.11 bits per heavy atom. The first-order valence-electron chi connectivity index (χ1n) is 12.7. The molecule has 5 rings (SSSR count). The summed E-state index contributed by atoms with van der Waals surface area (Å²) in [7, 11) is 0. The Morgan fingerprint density at radius 2 is 1.86 bits per heavy atom. The number of hydrogen-bond acceptors (Lipinski definition) is 7. The van der Waals surface area contributed by atoms with Gasteiger partial charge in [0.15, 0.2) is 0 Å². The van der Waals surface area contributed by atoms with E-state index < -0.39 is 0 Å². The summed E-state index contributed by atoms with van der Waals surface area (Å²) in [5.41, 5.74) is 4.38. The van der Waals surface area contributed by atoms with E-state index in [0.29, 0.717) is 17.2 Å². The molecule has 0 saturated carbocycles. The van der Waals surface area contributed by atoms with Gasteiger partial charge in [-0.15, -0.1) is 0 Å². The Labute approximate surface area is 218 Å². The highest BCUT2D eigenvalue weighted by atomic mass is 32.2. The van der Waals surface area contributed by atoms with Crippen LogP contribution in [0.1, 0.15) is 45.9 Å². The second-order valence-corrected chi connectivity index (χ2v) is 10.5. The van der Waals surface area contributed by atoms with Crippen LogP contribution in [0.2, 0.25) is 0 Å². The van der Waals surface area contributed by atoms with Crippen LogP contribution in [-0.2, 0) is 0 Å². The van der Waals surface area contributed by atoms with Gasteiger partial charge in [0.2, 0.25) is 5.95 Å². The number of anilines is 3. The number of aromatic nitrogens is 3. The molecule has 0 radical (unpaired) electrons. The SMILES string of the molecule is CCN1CCN(c2ccc(Nc3nc(C)c4cc(C5=CCC=CS5)c(=O)n(C(C)C)c4n3)cc2)CC1.[HH]. The third kappa shape index (κ3) is 4.92. The molecule has 0 aliphatic carbocycles. The summed E-state index contributed by atoms with van der Waals surface area (Å²) in [6, 6.07) is 10.4. The van der Waals surface area contributed by atoms with Gasteiger partial charge in [-0.2, -0.15) is 4.98 Å². The summed E-state index contributed by atoms with van der Waals surface area (Å²) in [5, 5.41) is 6.31. The van der Waals surface area contributed by atoms with Crippen LogP contribution in [0, 0.1) is 6.92 Å². The van der Waals surface area contributed by atoms with Crippen LogP contribution in [-0.4, -0.2) is 52.2 Å². The molecule has 3 aromatic rings. The topological polar surface area (TPSA) is 66.3 Å². The van der Waals surface area contributed by atoms with Crippen molar-refractivity contribution in [3.8, 4) is 0 Å². The molecule has 0 amide bonds. The van der Waals surface area contributed by atoms with Gasteiger partial charge in [0.25, 0.3) is 5.56 Å². The van der Waals surface area contributed by atoms with Crippen molar-refractivity contribution in [2.24, 2.45) is 0 Å². The molecule has 1 N–H and O–H groups in total. The van der Waals surface area contributed by atoms with Crippen LogP contribution in [0.25, 0.3) is 15.9 Å². The predicted octanol–water partition coefficient (Wildman–Crippen LogP) is 5.80. The normalized spacial score (nSPS) is 16.6. The Kier molecular flexibility index (Phi) is 7.16. The second-order valence-electron chi connectivity index (χ2n) is 9.58. The molecular weight excluding hydrogens is 468 g/mol. The molecule has 1 saturated heterocycles. The number of nitrogens with one attached hydrogen (secondary N) is 1. The van der Waals surface area contributed by atoms with Crippen molar-refractivity contribution >= 4 is 45.0 Å². The van der Waals surface area contributed by atoms with Crippen LogP contribution in [0.4, 0.5) is 17.3 Å². The molecule has 2 aliphatic rings. The lowest BCUT2D eigenvalue weighted by molar-refractivity contribution is 0.271. The first kappa shape index (κ1) is 24.6. The lowest BCUT2D eigenvalue weighted by Crippen LogP contribution is -2.46. The van der Waals surface area contributed by atoms with E-state index in [1.54, 1.807) is 16.3 Å². The number of hydrogen-bond donors (Lipinski definition) is 1. The van der Waals surface area contributed by atoms with E-state index in [4.69, 9.17) is 9.97 Å². The van der Waals surface area contributed by atoms with E-state index in [1.165, 1.54) is 5.69 Å². The van der Waals surface area contributed by atoms with Gasteiger partial charge in [0, 0.05) is 55.3 Å². The summed E-state index contributed by atoms with van der Waals surface area (Å²) >= 11 is 1.59. The largest absolute Gasteiger partial charge is 0.369 e. The van der Waals surface area contributed by atoms with Gasteiger partial charge in [-0.05, 0) is 69.5 Å². The molecule has 1 aromatic carbocycles. The third-order valence-corrected chi connectivity index (χ3v) is 7.87. The maximum atomic E-state index is 13.5. The second kappa shape index (κ2) is 10.5. The van der Waals surface area contributed by atoms with Crippen molar-refractivity contribution in [3.05, 3.63) is 69.5 Å². The third-order valence-electron chi connectivity index (χ3n) is 6.90. The van der Waals surface area contributed by atoms with Gasteiger partial charge in [-0.3, -0.25) is 9.36 Å². The maximum Gasteiger partial charge on any atom is 0.260 e. The highest BCUT2D eigenvalue weighted by Gasteiger charge is 2.19. The molecule has 2 aromatic heterocycles. The van der Waals surface area contributed by atoms with Crippen LogP contribution in [0.5, 0.6) is 0 Å². The van der Waals surface area contributed by atoms with Gasteiger partial charge in [-0.25, -0.2) is 4.98 Å². The average Bonchev–Trinajstić information content (AvgIpc) is 2.89. The number of aryl methyl sites for hydroxylation is 1. The molecule has 4 heterocycles. The number of pyridine rings is 1. The molecule has 8 heteroatoms. The van der Waals surface area contributed by atoms with Crippen molar-refractivity contribution in [3.63, 3.8) is 0 Å². The summed E-state index contributed by atoms with van der Waals surface area (Å²) in [6.07, 6.45) is 5.05. The molecule has 7 nitrogen and oxygen atoms in total. The molecule has 190 valence electrons. The first-order valence-corrected chi connectivity index (χ1v) is 13.6. The molecule has 2 aliphatic heterocycles. The Hall–Kier alpha value is -3.10. The van der Waals surface area contributed by atoms with Crippen molar-refractivity contribution < 1.29 is 1.43 Å². The van der Waals surface area contributed by atoms with E-state index in [-0.39, 0.29) is 13.0 Å². The smallest absolute Gasteiger partial charge is 0.260 e. The molecule has 0 atom stereocenters. The zero-order valence-corrected chi connectivity index (χ0v) is 22.3. The van der Waals surface area contributed by atoms with Gasteiger partial charge >= 0.3 is 0 Å². The van der Waals surface area contributed by atoms with Crippen molar-refractivity contribution in [2.45, 2.75) is 40.2 Å². The maximum absolute atomic E-state index is 13.5. The highest BCUT2D eigenvalue weighted by molar-refractivity contribution is 8.11. The molecule has 36 heavy (non-hydrogen) atoms. The predicted molar refractivity (Wildman–Crippen MR) is 154 cm³/mol. The fraction of sp³-hybridized carbons (Fsp3) is 0.393. The van der Waals surface area contributed by atoms with Crippen molar-refractivity contribution in [2.75, 3.05) is 42.9 Å². The van der Waals surface area contributed by atoms with E-state index in [2.05, 4.69) is 58.5 Å². The van der Waals surface area contributed by atoms with Crippen molar-refractivity contribution in [1.29, 1.82) is 0 Å². The minimum atomic E-state index is -0.0284. The van der Waals surface area contributed by atoms with Crippen LogP contribution < -0.4 is 15.8 Å². The zero-order chi connectivity index (χ0) is 25.2. The number of fused-ring (bicyclic) bond motifs is 1. The van der Waals surface area contributed by atoms with E-state index in [9.17, 15) is 4.79 Å². The standard InChI is InChI=1S/C28H34N6OS.H2/c1-5-32-13-15-33(16-14-32)22-11-9-21(10-12-22)30-28-29-20(4)23-18-24(25-8-6-7-17-36-25)27(35)34(19(2)3)26(23)31-28;/h7-12,17-19H,5-6,13-16H2,1-4H3,(H,29,30,31);1H. The number of benzene rings is 1. The van der Waals surface area contributed by atoms with Crippen molar-refractivity contribution in [1.82, 2.24) is 19.4 Å². The van der Waals surface area contributed by atoms with Gasteiger partial charge < -0.3 is 15.1 Å². The van der Waals surface area contributed by atoms with Gasteiger partial charge in [0.05, 0.1) is 11.3 Å². The molecule has 0 bridgehead atoms. The Balaban J connectivity index is 0.00000320. The number of allylic oxidation sites excluding steroid dienone is 2. The minimum absolute atomic E-state index is 0. The molecular formula is C28H36N6OS. The van der Waals surface area contributed by atoms with Gasteiger partial charge in [-0.1, -0.05) is 30.8 Å². The van der Waals surface area contributed by atoms with E-state index in [1.807, 2.05) is 32.2 Å². The fourth-order valence-corrected chi connectivity index (χ4v) is 5.66. The van der Waals surface area contributed by atoms with Crippen LogP contribution >= 0.6 is 11.8 Å². The molecule has 0 unspecified atom stereocenters. The van der Waals surface area contributed by atoms with Gasteiger partial charge in [0.1, 0.15) is 5.65 Å². The minimum Gasteiger partial charge on any atom is -0.369 e. The number of likely N-dealkylation sites (N-methyl/N-ethyl adjacent to an activating group) is 1. The van der Waals surface area contributed by atoms with Crippen LogP contribution in [0.15, 0.2) is 52.7 Å². The number of piperazine rings is 1. The molecule has 1 fully saturated rings. The molecule has 0 spiro atoms. The number of thioether (sulfide) groups is 1. The van der Waals surface area contributed by atoms with E-state index in [0.717, 1.165) is 60.8 Å². The summed E-state index contributed by atoms with van der Waals surface area (Å²) in [4.78, 5) is 29.0. The summed E-state index contributed by atoms with van der Waals surface area (Å²) in [5.74, 6) is 0.500. The monoisotopic (exact) mass is 504 g/mol. The zero-order valence-electron chi connectivity index (χ0n) is 21.5. The first-order chi connectivity index (χ1) is 17.4. The highest BCUT2D eigenvalue weighted by Crippen LogP contribution is 2.33. The summed E-state index contributed by atoms with van der Waals surface area (Å²) < 4.78 is 1.79. The fourth-order valence-electron chi connectivity index (χ4n) is 4.84. The van der Waals surface area contributed by atoms with E-state index >= 15 is 0 Å². The number of nitrogens with zero attached hydrogens (tertiary/aromatic N) is 5. The lowest BCUT2D eigenvalue weighted by atomic mass is 10.1. The average molecular weight is 505 g/mol.